The van der Waals surface area contributed by atoms with E-state index in [-0.39, 0.29) is 5.88 Å². The van der Waals surface area contributed by atoms with Crippen LogP contribution >= 0.6 is 23.2 Å². The van der Waals surface area contributed by atoms with E-state index < -0.39 is 11.2 Å². The van der Waals surface area contributed by atoms with Gasteiger partial charge in [-0.25, -0.2) is 4.79 Å². The Balaban J connectivity index is 3.71. The Morgan fingerprint density at radius 2 is 2.33 bits per heavy atom. The van der Waals surface area contributed by atoms with Crippen LogP contribution in [-0.4, -0.2) is 22.2 Å². The Labute approximate surface area is 62.5 Å². The third-order valence-electron chi connectivity index (χ3n) is 0.539. The Bertz CT molecular complexity index is 112. The smallest absolute Gasteiger partial charge is 0.450 e. The summed E-state index contributed by atoms with van der Waals surface area (Å²) in [4.78, 5) is 9.81. The molecule has 0 heterocycles. The maximum absolute atomic E-state index is 9.81. The molecule has 0 saturated heterocycles. The summed E-state index contributed by atoms with van der Waals surface area (Å²) in [6, 6.07) is 0. The first-order valence-corrected chi connectivity index (χ1v) is 3.06. The molecule has 0 aromatic carbocycles. The summed E-state index contributed by atoms with van der Waals surface area (Å²) in [5.74, 6) is -0.0686. The SMILES string of the molecule is CC(Cl)(CCl)OC(=O)O. The van der Waals surface area contributed by atoms with E-state index in [2.05, 4.69) is 4.74 Å². The second-order valence-electron chi connectivity index (χ2n) is 1.60. The molecule has 0 spiro atoms. The van der Waals surface area contributed by atoms with Crippen molar-refractivity contribution in [1.82, 2.24) is 0 Å². The fraction of sp³-hybridized carbons (Fsp3) is 0.750. The minimum atomic E-state index is -1.42. The molecule has 0 aromatic rings. The number of halogens is 2. The largest absolute Gasteiger partial charge is 0.507 e. The summed E-state index contributed by atoms with van der Waals surface area (Å²) in [6.45, 7) is 1.37. The van der Waals surface area contributed by atoms with Crippen molar-refractivity contribution in [2.45, 2.75) is 12.0 Å². The number of hydrogen-bond donors (Lipinski definition) is 1. The van der Waals surface area contributed by atoms with E-state index in [1.807, 2.05) is 0 Å². The van der Waals surface area contributed by atoms with Crippen molar-refractivity contribution in [3.63, 3.8) is 0 Å². The highest BCUT2D eigenvalue weighted by molar-refractivity contribution is 6.30. The molecular weight excluding hydrogens is 167 g/mol. The Hall–Kier alpha value is -0.150. The molecule has 0 aromatic heterocycles. The average Bonchev–Trinajstić information content (AvgIpc) is 1.63. The van der Waals surface area contributed by atoms with E-state index in [9.17, 15) is 4.79 Å². The van der Waals surface area contributed by atoms with E-state index in [4.69, 9.17) is 28.3 Å². The zero-order chi connectivity index (χ0) is 7.49. The standard InChI is InChI=1S/C4H6Cl2O3/c1-4(6,2-5)9-3(7)8/h2H2,1H3,(H,7,8). The highest BCUT2D eigenvalue weighted by atomic mass is 35.5. The molecule has 0 aliphatic carbocycles. The first-order chi connectivity index (χ1) is 3.98. The van der Waals surface area contributed by atoms with Gasteiger partial charge in [0.15, 0.2) is 5.06 Å². The quantitative estimate of drug-likeness (QED) is 0.512. The minimum absolute atomic E-state index is 0.0686. The molecule has 0 aliphatic rings. The van der Waals surface area contributed by atoms with E-state index in [0.717, 1.165) is 0 Å². The van der Waals surface area contributed by atoms with Crippen LogP contribution in [-0.2, 0) is 4.74 Å². The van der Waals surface area contributed by atoms with Crippen molar-refractivity contribution in [3.05, 3.63) is 0 Å². The molecule has 0 amide bonds. The summed E-state index contributed by atoms with van der Waals surface area (Å²) in [6.07, 6.45) is -1.42. The summed E-state index contributed by atoms with van der Waals surface area (Å²) in [7, 11) is 0. The normalized spacial score (nSPS) is 16.3. The number of carbonyl (C=O) groups is 1. The fourth-order valence-electron chi connectivity index (χ4n) is 0.209. The van der Waals surface area contributed by atoms with Gasteiger partial charge in [0.1, 0.15) is 0 Å². The van der Waals surface area contributed by atoms with Gasteiger partial charge in [-0.05, 0) is 6.92 Å². The average molecular weight is 173 g/mol. The zero-order valence-corrected chi connectivity index (χ0v) is 6.24. The Morgan fingerprint density at radius 1 is 1.89 bits per heavy atom. The molecule has 0 radical (unpaired) electrons. The molecule has 0 saturated carbocycles. The lowest BCUT2D eigenvalue weighted by Gasteiger charge is -2.15. The molecule has 1 N–H and O–H groups in total. The number of rotatable bonds is 2. The van der Waals surface area contributed by atoms with Crippen LogP contribution in [0.2, 0.25) is 0 Å². The summed E-state index contributed by atoms with van der Waals surface area (Å²) in [5, 5.41) is 6.72. The van der Waals surface area contributed by atoms with Gasteiger partial charge < -0.3 is 9.84 Å². The van der Waals surface area contributed by atoms with Crippen LogP contribution in [0.25, 0.3) is 0 Å². The highest BCUT2D eigenvalue weighted by Crippen LogP contribution is 2.17. The molecule has 0 fully saturated rings. The van der Waals surface area contributed by atoms with Gasteiger partial charge in [-0.1, -0.05) is 11.6 Å². The maximum Gasteiger partial charge on any atom is 0.507 e. The van der Waals surface area contributed by atoms with Crippen molar-refractivity contribution >= 4 is 29.4 Å². The summed E-state index contributed by atoms with van der Waals surface area (Å²) >= 11 is 10.6. The van der Waals surface area contributed by atoms with Gasteiger partial charge in [-0.3, -0.25) is 0 Å². The van der Waals surface area contributed by atoms with Crippen molar-refractivity contribution in [2.24, 2.45) is 0 Å². The minimum Gasteiger partial charge on any atom is -0.450 e. The zero-order valence-electron chi connectivity index (χ0n) is 4.73. The lowest BCUT2D eigenvalue weighted by atomic mass is 10.5. The van der Waals surface area contributed by atoms with Crippen molar-refractivity contribution < 1.29 is 14.6 Å². The van der Waals surface area contributed by atoms with E-state index >= 15 is 0 Å². The molecule has 1 atom stereocenters. The van der Waals surface area contributed by atoms with Crippen LogP contribution in [0, 0.1) is 0 Å². The van der Waals surface area contributed by atoms with Gasteiger partial charge in [-0.2, -0.15) is 0 Å². The van der Waals surface area contributed by atoms with Gasteiger partial charge in [-0.15, -0.1) is 11.6 Å². The Kier molecular flexibility index (Phi) is 3.08. The lowest BCUT2D eigenvalue weighted by Crippen LogP contribution is -2.25. The fourth-order valence-corrected chi connectivity index (χ4v) is 0.330. The first-order valence-electron chi connectivity index (χ1n) is 2.15. The van der Waals surface area contributed by atoms with Crippen LogP contribution in [0.5, 0.6) is 0 Å². The topological polar surface area (TPSA) is 46.5 Å². The molecule has 5 heteroatoms. The predicted molar refractivity (Wildman–Crippen MR) is 34.1 cm³/mol. The number of hydrogen-bond acceptors (Lipinski definition) is 2. The summed E-state index contributed by atoms with van der Waals surface area (Å²) < 4.78 is 4.14. The third-order valence-corrected chi connectivity index (χ3v) is 1.40. The van der Waals surface area contributed by atoms with Gasteiger partial charge in [0.2, 0.25) is 0 Å². The van der Waals surface area contributed by atoms with E-state index in [1.165, 1.54) is 6.92 Å². The molecule has 54 valence electrons. The second kappa shape index (κ2) is 3.13. The van der Waals surface area contributed by atoms with Crippen LogP contribution in [0.4, 0.5) is 4.79 Å². The van der Waals surface area contributed by atoms with Crippen molar-refractivity contribution in [2.75, 3.05) is 5.88 Å². The van der Waals surface area contributed by atoms with E-state index in [0.29, 0.717) is 0 Å². The molecule has 3 nitrogen and oxygen atoms in total. The molecule has 0 rings (SSSR count). The van der Waals surface area contributed by atoms with Crippen LogP contribution in [0.1, 0.15) is 6.92 Å². The Morgan fingerprint density at radius 3 is 2.44 bits per heavy atom. The molecule has 0 aliphatic heterocycles. The number of carboxylic acid groups (broad SMARTS) is 1. The van der Waals surface area contributed by atoms with Crippen molar-refractivity contribution in [1.29, 1.82) is 0 Å². The first kappa shape index (κ1) is 8.85. The molecule has 9 heavy (non-hydrogen) atoms. The predicted octanol–water partition coefficient (Wildman–Crippen LogP) is 1.87. The lowest BCUT2D eigenvalue weighted by molar-refractivity contribution is 0.0491. The molecular formula is C4H6Cl2O3. The number of alkyl halides is 2. The molecule has 0 bridgehead atoms. The van der Waals surface area contributed by atoms with Gasteiger partial charge in [0, 0.05) is 0 Å². The second-order valence-corrected chi connectivity index (χ2v) is 2.67. The summed E-state index contributed by atoms with van der Waals surface area (Å²) in [5.41, 5.74) is 0. The van der Waals surface area contributed by atoms with Gasteiger partial charge in [0.25, 0.3) is 0 Å². The monoisotopic (exact) mass is 172 g/mol. The van der Waals surface area contributed by atoms with Crippen LogP contribution in [0.3, 0.4) is 0 Å². The molecule has 1 unspecified atom stereocenters. The van der Waals surface area contributed by atoms with Gasteiger partial charge in [0.05, 0.1) is 5.88 Å². The van der Waals surface area contributed by atoms with Crippen LogP contribution < -0.4 is 0 Å². The van der Waals surface area contributed by atoms with Crippen LogP contribution in [0.15, 0.2) is 0 Å². The van der Waals surface area contributed by atoms with E-state index in [1.54, 1.807) is 0 Å². The van der Waals surface area contributed by atoms with Gasteiger partial charge >= 0.3 is 6.16 Å². The highest BCUT2D eigenvalue weighted by Gasteiger charge is 2.23. The maximum atomic E-state index is 9.81. The van der Waals surface area contributed by atoms with Crippen molar-refractivity contribution in [3.8, 4) is 0 Å². The number of ether oxygens (including phenoxy) is 1. The third kappa shape index (κ3) is 4.36.